The monoisotopic (exact) mass is 387 g/mol. The smallest absolute Gasteiger partial charge is 0.339 e. The Hall–Kier alpha value is -2.59. The molecule has 29 heavy (non-hydrogen) atoms. The quantitative estimate of drug-likeness (QED) is 0.557. The van der Waals surface area contributed by atoms with Crippen LogP contribution in [0, 0.1) is 0 Å². The van der Waals surface area contributed by atoms with Gasteiger partial charge in [-0.05, 0) is 73.8 Å². The number of aryl methyl sites for hydroxylation is 2. The molecule has 0 saturated heterocycles. The Labute approximate surface area is 170 Å². The maximum atomic E-state index is 12.7. The first-order valence-corrected chi connectivity index (χ1v) is 10.8. The van der Waals surface area contributed by atoms with Crippen LogP contribution in [0.15, 0.2) is 45.6 Å². The van der Waals surface area contributed by atoms with E-state index in [2.05, 4.69) is 41.3 Å². The van der Waals surface area contributed by atoms with Crippen molar-refractivity contribution in [3.05, 3.63) is 74.6 Å². The molecule has 2 aliphatic carbocycles. The van der Waals surface area contributed by atoms with E-state index in [4.69, 9.17) is 9.15 Å². The predicted molar refractivity (Wildman–Crippen MR) is 112 cm³/mol. The van der Waals surface area contributed by atoms with Crippen molar-refractivity contribution in [1.82, 2.24) is 4.90 Å². The Kier molecular flexibility index (Phi) is 4.01. The second-order valence-corrected chi connectivity index (χ2v) is 8.60. The van der Waals surface area contributed by atoms with Gasteiger partial charge in [-0.1, -0.05) is 24.3 Å². The molecule has 3 aromatic rings. The third kappa shape index (κ3) is 2.73. The Morgan fingerprint density at radius 1 is 0.897 bits per heavy atom. The van der Waals surface area contributed by atoms with E-state index in [-0.39, 0.29) is 5.63 Å². The lowest BCUT2D eigenvalue weighted by atomic mass is 9.86. The molecular formula is C25H25NO3. The van der Waals surface area contributed by atoms with Gasteiger partial charge < -0.3 is 9.15 Å². The summed E-state index contributed by atoms with van der Waals surface area (Å²) >= 11 is 0. The van der Waals surface area contributed by atoms with E-state index in [0.29, 0.717) is 12.8 Å². The first kappa shape index (κ1) is 17.3. The molecule has 0 saturated carbocycles. The van der Waals surface area contributed by atoms with Gasteiger partial charge in [0.05, 0.1) is 5.56 Å². The number of hydrogen-bond acceptors (Lipinski definition) is 4. The normalized spacial score (nSPS) is 21.2. The van der Waals surface area contributed by atoms with Crippen LogP contribution in [0.2, 0.25) is 0 Å². The fraction of sp³-hybridized carbons (Fsp3) is 0.400. The highest BCUT2D eigenvalue weighted by molar-refractivity contribution is 5.86. The highest BCUT2D eigenvalue weighted by atomic mass is 16.5. The van der Waals surface area contributed by atoms with Gasteiger partial charge in [0.15, 0.2) is 0 Å². The zero-order chi connectivity index (χ0) is 19.4. The predicted octanol–water partition coefficient (Wildman–Crippen LogP) is 4.90. The SMILES string of the molecule is O=c1oc2c3c(ccc2c2c1CCCC2)OCN(C1CCCc2ccccc21)C3. The molecule has 148 valence electrons. The van der Waals surface area contributed by atoms with E-state index in [1.807, 2.05) is 0 Å². The average molecular weight is 387 g/mol. The second kappa shape index (κ2) is 6.74. The van der Waals surface area contributed by atoms with Gasteiger partial charge in [0.2, 0.25) is 0 Å². The lowest BCUT2D eigenvalue weighted by molar-refractivity contribution is 0.0482. The summed E-state index contributed by atoms with van der Waals surface area (Å²) in [7, 11) is 0. The summed E-state index contributed by atoms with van der Waals surface area (Å²) < 4.78 is 12.1. The molecule has 0 radical (unpaired) electrons. The van der Waals surface area contributed by atoms with Gasteiger partial charge in [0.25, 0.3) is 0 Å². The summed E-state index contributed by atoms with van der Waals surface area (Å²) in [5.41, 5.74) is 6.58. The summed E-state index contributed by atoms with van der Waals surface area (Å²) in [4.78, 5) is 15.1. The zero-order valence-electron chi connectivity index (χ0n) is 16.6. The minimum absolute atomic E-state index is 0.152. The Morgan fingerprint density at radius 3 is 2.69 bits per heavy atom. The lowest BCUT2D eigenvalue weighted by Crippen LogP contribution is -2.37. The molecule has 6 rings (SSSR count). The van der Waals surface area contributed by atoms with E-state index in [0.717, 1.165) is 72.9 Å². The Bertz CT molecular complexity index is 1160. The third-order valence-corrected chi connectivity index (χ3v) is 6.98. The molecule has 0 spiro atoms. The van der Waals surface area contributed by atoms with Crippen LogP contribution in [0.3, 0.4) is 0 Å². The number of fused-ring (bicyclic) bond motifs is 6. The van der Waals surface area contributed by atoms with Crippen LogP contribution in [0.1, 0.15) is 59.5 Å². The Morgan fingerprint density at radius 2 is 1.76 bits per heavy atom. The van der Waals surface area contributed by atoms with Crippen LogP contribution >= 0.6 is 0 Å². The minimum atomic E-state index is -0.152. The van der Waals surface area contributed by atoms with Crippen molar-refractivity contribution in [3.63, 3.8) is 0 Å². The number of ether oxygens (including phenoxy) is 1. The first-order valence-electron chi connectivity index (χ1n) is 10.8. The molecule has 4 heteroatoms. The van der Waals surface area contributed by atoms with E-state index in [1.54, 1.807) is 0 Å². The molecule has 1 unspecified atom stereocenters. The standard InChI is InChI=1S/C25H25NO3/c27-25-20-10-4-3-9-18(20)19-12-13-23-21(24(19)29-25)14-26(15-28-23)22-11-5-7-16-6-1-2-8-17(16)22/h1-2,6,8,12-13,22H,3-5,7,9-11,14-15H2. The van der Waals surface area contributed by atoms with Crippen LogP contribution in [0.5, 0.6) is 5.75 Å². The van der Waals surface area contributed by atoms with Crippen molar-refractivity contribution in [2.24, 2.45) is 0 Å². The molecule has 4 nitrogen and oxygen atoms in total. The number of benzene rings is 2. The molecular weight excluding hydrogens is 362 g/mol. The van der Waals surface area contributed by atoms with Gasteiger partial charge >= 0.3 is 5.63 Å². The van der Waals surface area contributed by atoms with Crippen molar-refractivity contribution >= 4 is 11.0 Å². The fourth-order valence-corrected chi connectivity index (χ4v) is 5.54. The number of hydrogen-bond donors (Lipinski definition) is 0. The van der Waals surface area contributed by atoms with Crippen LogP contribution in [0.4, 0.5) is 0 Å². The average Bonchev–Trinajstić information content (AvgIpc) is 2.78. The molecule has 1 aromatic heterocycles. The minimum Gasteiger partial charge on any atom is -0.478 e. The van der Waals surface area contributed by atoms with Gasteiger partial charge in [-0.15, -0.1) is 0 Å². The maximum Gasteiger partial charge on any atom is 0.339 e. The van der Waals surface area contributed by atoms with E-state index >= 15 is 0 Å². The molecule has 0 amide bonds. The van der Waals surface area contributed by atoms with E-state index in [9.17, 15) is 4.79 Å². The topological polar surface area (TPSA) is 42.7 Å². The summed E-state index contributed by atoms with van der Waals surface area (Å²) in [6.07, 6.45) is 7.52. The van der Waals surface area contributed by atoms with Gasteiger partial charge in [0, 0.05) is 23.5 Å². The molecule has 0 N–H and O–H groups in total. The van der Waals surface area contributed by atoms with Crippen molar-refractivity contribution in [2.45, 2.75) is 57.5 Å². The third-order valence-electron chi connectivity index (χ3n) is 6.98. The first-order chi connectivity index (χ1) is 14.3. The van der Waals surface area contributed by atoms with Crippen LogP contribution < -0.4 is 10.4 Å². The molecule has 1 atom stereocenters. The van der Waals surface area contributed by atoms with Crippen LogP contribution in [-0.2, 0) is 25.8 Å². The van der Waals surface area contributed by atoms with Gasteiger partial charge in [-0.25, -0.2) is 4.79 Å². The fourth-order valence-electron chi connectivity index (χ4n) is 5.54. The summed E-state index contributed by atoms with van der Waals surface area (Å²) in [6.45, 7) is 1.33. The van der Waals surface area contributed by atoms with E-state index < -0.39 is 0 Å². The molecule has 3 aliphatic rings. The van der Waals surface area contributed by atoms with Crippen molar-refractivity contribution < 1.29 is 9.15 Å². The maximum absolute atomic E-state index is 12.7. The Balaban J connectivity index is 1.45. The second-order valence-electron chi connectivity index (χ2n) is 8.60. The zero-order valence-corrected chi connectivity index (χ0v) is 16.6. The van der Waals surface area contributed by atoms with Crippen molar-refractivity contribution in [3.8, 4) is 5.75 Å². The molecule has 0 fully saturated rings. The van der Waals surface area contributed by atoms with Crippen molar-refractivity contribution in [2.75, 3.05) is 6.73 Å². The molecule has 2 heterocycles. The highest BCUT2D eigenvalue weighted by Gasteiger charge is 2.31. The summed E-state index contributed by atoms with van der Waals surface area (Å²) in [5, 5.41) is 1.10. The largest absolute Gasteiger partial charge is 0.478 e. The van der Waals surface area contributed by atoms with Gasteiger partial charge in [-0.3, -0.25) is 4.90 Å². The number of nitrogens with zero attached hydrogens (tertiary/aromatic N) is 1. The lowest BCUT2D eigenvalue weighted by Gasteiger charge is -2.38. The van der Waals surface area contributed by atoms with Crippen molar-refractivity contribution in [1.29, 1.82) is 0 Å². The molecule has 1 aliphatic heterocycles. The highest BCUT2D eigenvalue weighted by Crippen LogP contribution is 2.40. The molecule has 2 aromatic carbocycles. The van der Waals surface area contributed by atoms with Crippen LogP contribution in [0.25, 0.3) is 11.0 Å². The van der Waals surface area contributed by atoms with E-state index in [1.165, 1.54) is 23.1 Å². The number of rotatable bonds is 1. The van der Waals surface area contributed by atoms with Gasteiger partial charge in [-0.2, -0.15) is 0 Å². The van der Waals surface area contributed by atoms with Crippen LogP contribution in [-0.4, -0.2) is 11.6 Å². The van der Waals surface area contributed by atoms with Gasteiger partial charge in [0.1, 0.15) is 18.1 Å². The summed E-state index contributed by atoms with van der Waals surface area (Å²) in [6, 6.07) is 13.3. The summed E-state index contributed by atoms with van der Waals surface area (Å²) in [5.74, 6) is 0.858. The molecule has 0 bridgehead atoms.